The highest BCUT2D eigenvalue weighted by Gasteiger charge is 2.47. The van der Waals surface area contributed by atoms with Crippen molar-refractivity contribution < 1.29 is 32.6 Å². The zero-order chi connectivity index (χ0) is 27.7. The van der Waals surface area contributed by atoms with E-state index in [1.165, 1.54) is 23.1 Å². The number of unbranched alkanes of at least 4 members (excludes halogenated alkanes) is 1. The molecule has 8 nitrogen and oxygen atoms in total. The molecular weight excluding hydrogens is 513 g/mol. The average molecular weight is 543 g/mol. The Morgan fingerprint density at radius 2 is 1.79 bits per heavy atom. The van der Waals surface area contributed by atoms with E-state index in [2.05, 4.69) is 10.00 Å². The zero-order valence-electron chi connectivity index (χ0n) is 21.5. The van der Waals surface area contributed by atoms with Crippen molar-refractivity contribution in [3.05, 3.63) is 71.2 Å². The molecule has 3 heterocycles. The van der Waals surface area contributed by atoms with Crippen molar-refractivity contribution in [3.63, 3.8) is 0 Å². The number of likely N-dealkylation sites (tertiary alicyclic amines) is 1. The van der Waals surface area contributed by atoms with Gasteiger partial charge in [0.05, 0.1) is 17.8 Å². The van der Waals surface area contributed by atoms with Crippen LogP contribution in [0.3, 0.4) is 0 Å². The van der Waals surface area contributed by atoms with Crippen LogP contribution in [0.2, 0.25) is 0 Å². The molecule has 5 rings (SSSR count). The number of carboxylic acids is 1. The number of aromatic nitrogens is 2. The number of aryl methyl sites for hydroxylation is 1. The Kier molecular flexibility index (Phi) is 7.35. The maximum absolute atomic E-state index is 14.7. The molecule has 11 heteroatoms. The average Bonchev–Trinajstić information content (AvgIpc) is 3.47. The largest absolute Gasteiger partial charge is 0.478 e. The highest BCUT2D eigenvalue weighted by Crippen LogP contribution is 2.37. The lowest BCUT2D eigenvalue weighted by molar-refractivity contribution is -0.000949. The summed E-state index contributed by atoms with van der Waals surface area (Å²) in [6.07, 6.45) is 4.31. The van der Waals surface area contributed by atoms with E-state index in [1.807, 2.05) is 13.1 Å². The third-order valence-corrected chi connectivity index (χ3v) is 7.43. The summed E-state index contributed by atoms with van der Waals surface area (Å²) in [6.45, 7) is 4.64. The fraction of sp³-hybridized carbons (Fsp3) is 0.393. The minimum absolute atomic E-state index is 0.0816. The topological polar surface area (TPSA) is 87.9 Å². The molecule has 2 fully saturated rings. The van der Waals surface area contributed by atoms with E-state index in [9.17, 15) is 22.8 Å². The highest BCUT2D eigenvalue weighted by atomic mass is 19.2. The number of carboxylic acid groups (broad SMARTS) is 1. The number of benzene rings is 2. The molecule has 2 aliphatic heterocycles. The van der Waals surface area contributed by atoms with Crippen LogP contribution in [-0.4, -0.2) is 57.1 Å². The minimum atomic E-state index is -1.52. The van der Waals surface area contributed by atoms with Crippen LogP contribution in [0.25, 0.3) is 11.3 Å². The van der Waals surface area contributed by atoms with Gasteiger partial charge in [0.25, 0.3) is 0 Å². The Labute approximate surface area is 223 Å². The number of nitrogens with zero attached hydrogens (tertiary/aromatic N) is 4. The van der Waals surface area contributed by atoms with Gasteiger partial charge in [0.15, 0.2) is 17.5 Å². The Morgan fingerprint density at radius 3 is 2.46 bits per heavy atom. The molecule has 0 saturated carbocycles. The molecule has 39 heavy (non-hydrogen) atoms. The van der Waals surface area contributed by atoms with Crippen LogP contribution in [0.15, 0.2) is 42.6 Å². The van der Waals surface area contributed by atoms with Crippen molar-refractivity contribution >= 4 is 17.7 Å². The van der Waals surface area contributed by atoms with Crippen LogP contribution >= 0.6 is 0 Å². The first-order valence-corrected chi connectivity index (χ1v) is 13.0. The molecule has 0 radical (unpaired) electrons. The molecule has 2 saturated heterocycles. The van der Waals surface area contributed by atoms with Crippen molar-refractivity contribution in [1.29, 1.82) is 0 Å². The van der Waals surface area contributed by atoms with Gasteiger partial charge in [-0.1, -0.05) is 13.3 Å². The van der Waals surface area contributed by atoms with Crippen LogP contribution in [0.1, 0.15) is 48.5 Å². The van der Waals surface area contributed by atoms with Crippen molar-refractivity contribution in [2.24, 2.45) is 0 Å². The number of hydrogen-bond donors (Lipinski definition) is 1. The van der Waals surface area contributed by atoms with Gasteiger partial charge in [-0.25, -0.2) is 22.8 Å². The van der Waals surface area contributed by atoms with E-state index in [4.69, 9.17) is 9.84 Å². The van der Waals surface area contributed by atoms with Gasteiger partial charge in [0.2, 0.25) is 0 Å². The molecule has 1 amide bonds. The lowest BCUT2D eigenvalue weighted by Crippen LogP contribution is -2.46. The van der Waals surface area contributed by atoms with Gasteiger partial charge in [-0.05, 0) is 42.8 Å². The Morgan fingerprint density at radius 1 is 1.08 bits per heavy atom. The number of hydrogen-bond acceptors (Lipinski definition) is 5. The lowest BCUT2D eigenvalue weighted by atomic mass is 9.91. The molecule has 2 aromatic carbocycles. The second-order valence-corrected chi connectivity index (χ2v) is 10.1. The highest BCUT2D eigenvalue weighted by molar-refractivity contribution is 5.92. The van der Waals surface area contributed by atoms with Crippen LogP contribution < -0.4 is 4.90 Å². The summed E-state index contributed by atoms with van der Waals surface area (Å²) in [4.78, 5) is 27.5. The van der Waals surface area contributed by atoms with Gasteiger partial charge in [-0.15, -0.1) is 0 Å². The van der Waals surface area contributed by atoms with Gasteiger partial charge >= 0.3 is 12.1 Å². The summed E-state index contributed by atoms with van der Waals surface area (Å²) < 4.78 is 49.8. The molecule has 3 aromatic rings. The molecule has 1 spiro atoms. The first-order valence-electron chi connectivity index (χ1n) is 13.0. The van der Waals surface area contributed by atoms with E-state index in [1.54, 1.807) is 16.8 Å². The molecule has 0 atom stereocenters. The standard InChI is InChI=1S/C28H29F3N4O4/c1-2-3-12-34-16-19(25(32-34)21-8-9-22(29)24(31)23(21)30)15-33-13-10-28(11-14-33)17-35(27(38)39-28)20-6-4-18(5-7-20)26(36)37/h4-9,16H,2-3,10-15,17H2,1H3,(H,36,37). The fourth-order valence-electron chi connectivity index (χ4n) is 5.17. The fourth-order valence-corrected chi connectivity index (χ4v) is 5.17. The van der Waals surface area contributed by atoms with Crippen LogP contribution in [0.5, 0.6) is 0 Å². The number of aromatic carboxylic acids is 1. The molecule has 0 bridgehead atoms. The first kappa shape index (κ1) is 26.7. The third kappa shape index (κ3) is 5.36. The number of anilines is 1. The molecular formula is C28H29F3N4O4. The molecule has 1 N–H and O–H groups in total. The molecule has 206 valence electrons. The van der Waals surface area contributed by atoms with Crippen molar-refractivity contribution in [2.45, 2.75) is 51.3 Å². The summed E-state index contributed by atoms with van der Waals surface area (Å²) in [7, 11) is 0. The van der Waals surface area contributed by atoms with Gasteiger partial charge < -0.3 is 9.84 Å². The SMILES string of the molecule is CCCCn1cc(CN2CCC3(CC2)CN(c2ccc(C(=O)O)cc2)C(=O)O3)c(-c2ccc(F)c(F)c2F)n1. The quantitative estimate of drug-likeness (QED) is 0.381. The molecule has 0 aliphatic carbocycles. The normalized spacial score (nSPS) is 17.1. The zero-order valence-corrected chi connectivity index (χ0v) is 21.5. The first-order chi connectivity index (χ1) is 18.7. The van der Waals surface area contributed by atoms with E-state index in [0.717, 1.165) is 18.9 Å². The van der Waals surface area contributed by atoms with E-state index >= 15 is 0 Å². The third-order valence-electron chi connectivity index (χ3n) is 7.43. The van der Waals surface area contributed by atoms with Crippen LogP contribution in [0, 0.1) is 17.5 Å². The molecule has 2 aliphatic rings. The summed E-state index contributed by atoms with van der Waals surface area (Å²) in [5.41, 5.74) is 0.944. The number of halogens is 3. The predicted octanol–water partition coefficient (Wildman–Crippen LogP) is 5.46. The Hall–Kier alpha value is -3.86. The summed E-state index contributed by atoms with van der Waals surface area (Å²) >= 11 is 0. The Balaban J connectivity index is 1.29. The van der Waals surface area contributed by atoms with Crippen LogP contribution in [-0.2, 0) is 17.8 Å². The van der Waals surface area contributed by atoms with Gasteiger partial charge in [0, 0.05) is 62.0 Å². The number of piperidine rings is 1. The van der Waals surface area contributed by atoms with Gasteiger partial charge in [0.1, 0.15) is 5.60 Å². The van der Waals surface area contributed by atoms with Crippen molar-refractivity contribution in [3.8, 4) is 11.3 Å². The predicted molar refractivity (Wildman–Crippen MR) is 137 cm³/mol. The van der Waals surface area contributed by atoms with Crippen LogP contribution in [0.4, 0.5) is 23.7 Å². The summed E-state index contributed by atoms with van der Waals surface area (Å²) in [6, 6.07) is 8.20. The number of carbonyl (C=O) groups excluding carboxylic acids is 1. The van der Waals surface area contributed by atoms with Gasteiger partial charge in [-0.3, -0.25) is 14.5 Å². The number of rotatable bonds is 8. The van der Waals surface area contributed by atoms with Gasteiger partial charge in [-0.2, -0.15) is 5.10 Å². The smallest absolute Gasteiger partial charge is 0.415 e. The van der Waals surface area contributed by atoms with E-state index in [-0.39, 0.29) is 16.8 Å². The maximum Gasteiger partial charge on any atom is 0.415 e. The molecule has 0 unspecified atom stereocenters. The minimum Gasteiger partial charge on any atom is -0.478 e. The summed E-state index contributed by atoms with van der Waals surface area (Å²) in [5.74, 6) is -5.07. The number of amides is 1. The van der Waals surface area contributed by atoms with E-state index in [0.29, 0.717) is 56.8 Å². The second kappa shape index (κ2) is 10.7. The molecule has 1 aromatic heterocycles. The lowest BCUT2D eigenvalue weighted by Gasteiger charge is -2.37. The van der Waals surface area contributed by atoms with E-state index < -0.39 is 35.1 Å². The Bertz CT molecular complexity index is 1380. The van der Waals surface area contributed by atoms with Crippen molar-refractivity contribution in [2.75, 3.05) is 24.5 Å². The number of ether oxygens (including phenoxy) is 1. The monoisotopic (exact) mass is 542 g/mol. The van der Waals surface area contributed by atoms with Crippen molar-refractivity contribution in [1.82, 2.24) is 14.7 Å². The maximum atomic E-state index is 14.7. The summed E-state index contributed by atoms with van der Waals surface area (Å²) in [5, 5.41) is 13.6. The second-order valence-electron chi connectivity index (χ2n) is 10.1. The number of carbonyl (C=O) groups is 2.